The molecule has 14 heteroatoms. The summed E-state index contributed by atoms with van der Waals surface area (Å²) in [5.74, 6) is -2.62. The Morgan fingerprint density at radius 1 is 1.13 bits per heavy atom. The number of aromatic nitrogens is 3. The number of amides is 1. The van der Waals surface area contributed by atoms with E-state index in [1.54, 1.807) is 6.92 Å². The number of anilines is 2. The second-order valence-electron chi connectivity index (χ2n) is 8.51. The number of nitrogens with one attached hydrogen (secondary N) is 2. The first-order valence-electron chi connectivity index (χ1n) is 11.6. The van der Waals surface area contributed by atoms with E-state index in [-0.39, 0.29) is 40.6 Å². The maximum Gasteiger partial charge on any atom is 0.304 e. The second-order valence-corrected chi connectivity index (χ2v) is 10.5. The quantitative estimate of drug-likeness (QED) is 0.331. The van der Waals surface area contributed by atoms with Gasteiger partial charge in [-0.25, -0.2) is 31.6 Å². The third kappa shape index (κ3) is 6.54. The van der Waals surface area contributed by atoms with E-state index in [1.807, 2.05) is 0 Å². The number of pyridine rings is 1. The van der Waals surface area contributed by atoms with Crippen LogP contribution in [0.5, 0.6) is 5.75 Å². The molecule has 202 valence electrons. The van der Waals surface area contributed by atoms with Crippen LogP contribution in [-0.4, -0.2) is 47.3 Å². The normalized spacial score (nSPS) is 15.1. The Morgan fingerprint density at radius 3 is 2.55 bits per heavy atom. The van der Waals surface area contributed by atoms with Gasteiger partial charge in [0.25, 0.3) is 6.36 Å². The van der Waals surface area contributed by atoms with Crippen LogP contribution in [0.3, 0.4) is 0 Å². The van der Waals surface area contributed by atoms with E-state index in [1.165, 1.54) is 36.7 Å². The molecule has 2 aromatic heterocycles. The summed E-state index contributed by atoms with van der Waals surface area (Å²) in [4.78, 5) is 24.9. The van der Waals surface area contributed by atoms with Gasteiger partial charge in [0.15, 0.2) is 0 Å². The number of sulfonamides is 1. The maximum absolute atomic E-state index is 14.9. The Balaban J connectivity index is 1.48. The predicted octanol–water partition coefficient (Wildman–Crippen LogP) is 4.65. The molecular weight excluding hydrogens is 530 g/mol. The molecule has 9 nitrogen and oxygen atoms in total. The first-order valence-corrected chi connectivity index (χ1v) is 13.1. The Labute approximate surface area is 215 Å². The van der Waals surface area contributed by atoms with Gasteiger partial charge in [-0.05, 0) is 49.1 Å². The van der Waals surface area contributed by atoms with Crippen LogP contribution in [0.1, 0.15) is 37.8 Å². The van der Waals surface area contributed by atoms with Gasteiger partial charge in [0.2, 0.25) is 21.9 Å². The molecule has 0 saturated heterocycles. The summed E-state index contributed by atoms with van der Waals surface area (Å²) >= 11 is 0. The van der Waals surface area contributed by atoms with Crippen molar-refractivity contribution in [3.05, 3.63) is 60.4 Å². The number of carbonyl (C=O) groups is 1. The van der Waals surface area contributed by atoms with Crippen LogP contribution in [0.2, 0.25) is 0 Å². The van der Waals surface area contributed by atoms with Crippen LogP contribution >= 0.6 is 0 Å². The van der Waals surface area contributed by atoms with E-state index in [9.17, 15) is 30.8 Å². The van der Waals surface area contributed by atoms with Crippen molar-refractivity contribution >= 4 is 27.6 Å². The lowest BCUT2D eigenvalue weighted by atomic mass is 10.0. The summed E-state index contributed by atoms with van der Waals surface area (Å²) in [6, 6.07) is 6.55. The van der Waals surface area contributed by atoms with Crippen molar-refractivity contribution in [2.45, 2.75) is 50.1 Å². The van der Waals surface area contributed by atoms with Gasteiger partial charge in [0.1, 0.15) is 11.6 Å². The minimum absolute atomic E-state index is 0.136. The lowest BCUT2D eigenvalue weighted by molar-refractivity contribution is -0.117. The smallest absolute Gasteiger partial charge is 0.304 e. The van der Waals surface area contributed by atoms with Crippen molar-refractivity contribution in [1.82, 2.24) is 15.0 Å². The molecule has 38 heavy (non-hydrogen) atoms. The van der Waals surface area contributed by atoms with Crippen LogP contribution in [0, 0.1) is 5.82 Å². The predicted molar refractivity (Wildman–Crippen MR) is 130 cm³/mol. The van der Waals surface area contributed by atoms with E-state index in [2.05, 4.69) is 29.7 Å². The topological polar surface area (TPSA) is 123 Å². The molecule has 1 fully saturated rings. The molecular formula is C24H23F4N5O4S. The summed E-state index contributed by atoms with van der Waals surface area (Å²) in [6.45, 7) is 1.72. The Hall–Kier alpha value is -3.81. The number of rotatable bonds is 11. The Morgan fingerprint density at radius 2 is 1.89 bits per heavy atom. The zero-order chi connectivity index (χ0) is 27.4. The third-order valence-electron chi connectivity index (χ3n) is 5.68. The first kappa shape index (κ1) is 27.2. The second kappa shape index (κ2) is 11.3. The molecule has 0 bridgehead atoms. The van der Waals surface area contributed by atoms with Crippen LogP contribution in [0.4, 0.5) is 29.2 Å². The van der Waals surface area contributed by atoms with Gasteiger partial charge in [0, 0.05) is 18.0 Å². The SMILES string of the molecule is CCC(C(=O)Nc1ccc(-c2cncc(OC(F)C(F)F)c2)cc1F)c1ccnc(NS(=O)(=O)C2CC2)n1. The number of benzene rings is 1. The molecule has 4 rings (SSSR count). The molecule has 2 heterocycles. The highest BCUT2D eigenvalue weighted by atomic mass is 32.2. The van der Waals surface area contributed by atoms with Crippen molar-refractivity contribution in [3.8, 4) is 16.9 Å². The molecule has 0 spiro atoms. The van der Waals surface area contributed by atoms with E-state index in [0.717, 1.165) is 12.3 Å². The van der Waals surface area contributed by atoms with E-state index in [4.69, 9.17) is 0 Å². The van der Waals surface area contributed by atoms with Crippen molar-refractivity contribution < 1.29 is 35.5 Å². The van der Waals surface area contributed by atoms with Gasteiger partial charge in [-0.15, -0.1) is 0 Å². The van der Waals surface area contributed by atoms with E-state index >= 15 is 0 Å². The summed E-state index contributed by atoms with van der Waals surface area (Å²) in [5, 5.41) is 2.02. The van der Waals surface area contributed by atoms with Crippen molar-refractivity contribution in [1.29, 1.82) is 0 Å². The molecule has 2 N–H and O–H groups in total. The van der Waals surface area contributed by atoms with Crippen molar-refractivity contribution in [2.24, 2.45) is 0 Å². The fraction of sp³-hybridized carbons (Fsp3) is 0.333. The summed E-state index contributed by atoms with van der Waals surface area (Å²) < 4.78 is 84.1. The fourth-order valence-electron chi connectivity index (χ4n) is 3.57. The molecule has 2 unspecified atom stereocenters. The third-order valence-corrected chi connectivity index (χ3v) is 7.49. The van der Waals surface area contributed by atoms with Crippen LogP contribution in [-0.2, 0) is 14.8 Å². The molecule has 2 atom stereocenters. The summed E-state index contributed by atoms with van der Waals surface area (Å²) in [7, 11) is -3.59. The average Bonchev–Trinajstić information content (AvgIpc) is 3.72. The highest BCUT2D eigenvalue weighted by Crippen LogP contribution is 2.30. The molecule has 1 aromatic carbocycles. The lowest BCUT2D eigenvalue weighted by Gasteiger charge is -2.16. The van der Waals surface area contributed by atoms with Gasteiger partial charge in [-0.1, -0.05) is 13.0 Å². The number of alkyl halides is 3. The Bertz CT molecular complexity index is 1420. The molecule has 1 saturated carbocycles. The molecule has 1 aliphatic carbocycles. The number of ether oxygens (including phenoxy) is 1. The van der Waals surface area contributed by atoms with Crippen molar-refractivity contribution in [2.75, 3.05) is 10.0 Å². The molecule has 0 aliphatic heterocycles. The van der Waals surface area contributed by atoms with Gasteiger partial charge >= 0.3 is 6.43 Å². The van der Waals surface area contributed by atoms with Crippen LogP contribution in [0.15, 0.2) is 48.9 Å². The maximum atomic E-state index is 14.9. The van der Waals surface area contributed by atoms with Crippen LogP contribution in [0.25, 0.3) is 11.1 Å². The summed E-state index contributed by atoms with van der Waals surface area (Å²) in [5.41, 5.74) is 0.668. The van der Waals surface area contributed by atoms with Gasteiger partial charge in [-0.2, -0.15) is 4.39 Å². The number of nitrogens with zero attached hydrogens (tertiary/aromatic N) is 3. The number of hydrogen-bond donors (Lipinski definition) is 2. The highest BCUT2D eigenvalue weighted by Gasteiger charge is 2.36. The van der Waals surface area contributed by atoms with Gasteiger partial charge in [-0.3, -0.25) is 14.5 Å². The largest absolute Gasteiger partial charge is 0.453 e. The average molecular weight is 554 g/mol. The lowest BCUT2D eigenvalue weighted by Crippen LogP contribution is -2.23. The Kier molecular flexibility index (Phi) is 8.09. The molecule has 1 amide bonds. The monoisotopic (exact) mass is 553 g/mol. The highest BCUT2D eigenvalue weighted by molar-refractivity contribution is 7.93. The minimum atomic E-state index is -3.59. The molecule has 3 aromatic rings. The fourth-order valence-corrected chi connectivity index (χ4v) is 4.85. The molecule has 0 radical (unpaired) electrons. The van der Waals surface area contributed by atoms with Crippen molar-refractivity contribution in [3.63, 3.8) is 0 Å². The summed E-state index contributed by atoms with van der Waals surface area (Å²) in [6.07, 6.45) is -1.08. The zero-order valence-electron chi connectivity index (χ0n) is 19.9. The van der Waals surface area contributed by atoms with Gasteiger partial charge < -0.3 is 10.1 Å². The number of halogens is 4. The first-order chi connectivity index (χ1) is 18.1. The zero-order valence-corrected chi connectivity index (χ0v) is 20.8. The minimum Gasteiger partial charge on any atom is -0.453 e. The number of carbonyl (C=O) groups excluding carboxylic acids is 1. The standard InChI is InChI=1S/C24H23F4N5O4S/c1-2-17(19-7-8-30-24(32-19)33-38(35,36)16-4-5-16)23(34)31-20-6-3-13(10-18(20)25)14-9-15(12-29-11-14)37-22(28)21(26)27/h3,6-12,16-17,21-22H,2,4-5H2,1H3,(H,31,34)(H,30,32,33). The number of hydrogen-bond acceptors (Lipinski definition) is 7. The van der Waals surface area contributed by atoms with E-state index in [0.29, 0.717) is 12.8 Å². The van der Waals surface area contributed by atoms with E-state index < -0.39 is 45.7 Å². The van der Waals surface area contributed by atoms with Crippen LogP contribution < -0.4 is 14.8 Å². The molecule has 1 aliphatic rings. The van der Waals surface area contributed by atoms with Gasteiger partial charge in [0.05, 0.1) is 28.7 Å².